The van der Waals surface area contributed by atoms with Crippen LogP contribution in [0.2, 0.25) is 0 Å². The van der Waals surface area contributed by atoms with Crippen molar-refractivity contribution in [2.75, 3.05) is 19.6 Å². The van der Waals surface area contributed by atoms with E-state index in [-0.39, 0.29) is 6.71 Å². The van der Waals surface area contributed by atoms with E-state index in [4.69, 9.17) is 4.98 Å². The van der Waals surface area contributed by atoms with Gasteiger partial charge < -0.3 is 9.80 Å². The lowest BCUT2D eigenvalue weighted by atomic mass is 9.33. The number of rotatable bonds is 8. The molecule has 11 rings (SSSR count). The Morgan fingerprint density at radius 3 is 1.31 bits per heavy atom. The lowest BCUT2D eigenvalue weighted by Crippen LogP contribution is -2.61. The third-order valence-electron chi connectivity index (χ3n) is 11.4. The number of hydrogen-bond acceptors (Lipinski definition) is 5. The fraction of sp³-hybridized carbons (Fsp3) is 0. The Balaban J connectivity index is 1.17. The lowest BCUT2D eigenvalue weighted by Gasteiger charge is -2.44. The summed E-state index contributed by atoms with van der Waals surface area (Å²) in [4.78, 5) is 15.1. The molecule has 8 aromatic carbocycles. The van der Waals surface area contributed by atoms with Crippen molar-refractivity contribution in [3.05, 3.63) is 231 Å². The second-order valence-electron chi connectivity index (χ2n) is 14.8. The molecule has 2 aliphatic rings. The number of nitrogens with zero attached hydrogens (tertiary/aromatic N) is 5. The summed E-state index contributed by atoms with van der Waals surface area (Å²) in [6, 6.07) is 82.0. The molecular formula is C53H38BN5. The third kappa shape index (κ3) is 5.93. The van der Waals surface area contributed by atoms with Gasteiger partial charge in [-0.2, -0.15) is 0 Å². The Bertz CT molecular complexity index is 2620. The average Bonchev–Trinajstić information content (AvgIpc) is 3.31. The number of para-hydroxylation sites is 6. The van der Waals surface area contributed by atoms with E-state index in [1.807, 2.05) is 0 Å². The minimum Gasteiger partial charge on any atom is -0.311 e. The zero-order chi connectivity index (χ0) is 39.1. The molecule has 0 amide bonds. The van der Waals surface area contributed by atoms with Crippen molar-refractivity contribution < 1.29 is 0 Å². The number of hydrogen-bond donors (Lipinski definition) is 0. The lowest BCUT2D eigenvalue weighted by molar-refractivity contribution is 1.14. The van der Waals surface area contributed by atoms with Crippen LogP contribution in [0.25, 0.3) is 0 Å². The van der Waals surface area contributed by atoms with Crippen molar-refractivity contribution in [2.24, 2.45) is 0 Å². The SMILES string of the molecule is c1ccc(N(c2ccccc2)c2ccc3c(c2)N(c2ccccc2)c2cccc4c2B3c2ccc(N(c3ccccc3)c3ccccc3)nc2N4c2ccccc2)cc1. The van der Waals surface area contributed by atoms with Crippen LogP contribution in [0, 0.1) is 0 Å². The summed E-state index contributed by atoms with van der Waals surface area (Å²) in [6.07, 6.45) is 0. The molecule has 2 aliphatic heterocycles. The minimum absolute atomic E-state index is 0.0782. The molecule has 59 heavy (non-hydrogen) atoms. The summed E-state index contributed by atoms with van der Waals surface area (Å²) in [5.74, 6) is 1.76. The largest absolute Gasteiger partial charge is 0.311 e. The van der Waals surface area contributed by atoms with E-state index in [1.54, 1.807) is 0 Å². The number of anilines is 12. The molecule has 0 aliphatic carbocycles. The first kappa shape index (κ1) is 34.4. The summed E-state index contributed by atoms with van der Waals surface area (Å²) in [7, 11) is 0. The molecule has 3 heterocycles. The molecule has 0 unspecified atom stereocenters. The van der Waals surface area contributed by atoms with Crippen LogP contribution in [0.3, 0.4) is 0 Å². The van der Waals surface area contributed by atoms with Gasteiger partial charge in [-0.05, 0) is 120 Å². The summed E-state index contributed by atoms with van der Waals surface area (Å²) >= 11 is 0. The van der Waals surface area contributed by atoms with Crippen LogP contribution < -0.4 is 36.0 Å². The van der Waals surface area contributed by atoms with E-state index in [0.717, 1.165) is 74.0 Å². The molecule has 0 spiro atoms. The molecule has 0 atom stereocenters. The number of benzene rings is 8. The van der Waals surface area contributed by atoms with Gasteiger partial charge in [-0.15, -0.1) is 0 Å². The van der Waals surface area contributed by atoms with E-state index in [9.17, 15) is 0 Å². The molecule has 0 saturated carbocycles. The fourth-order valence-electron chi connectivity index (χ4n) is 8.90. The minimum atomic E-state index is -0.0782. The average molecular weight is 756 g/mol. The fourth-order valence-corrected chi connectivity index (χ4v) is 8.90. The van der Waals surface area contributed by atoms with Gasteiger partial charge in [0.15, 0.2) is 0 Å². The molecule has 278 valence electrons. The monoisotopic (exact) mass is 755 g/mol. The van der Waals surface area contributed by atoms with Crippen LogP contribution in [-0.2, 0) is 0 Å². The van der Waals surface area contributed by atoms with Crippen LogP contribution in [0.1, 0.15) is 0 Å². The first-order chi connectivity index (χ1) is 29.3. The van der Waals surface area contributed by atoms with Crippen molar-refractivity contribution in [3.8, 4) is 0 Å². The highest BCUT2D eigenvalue weighted by Gasteiger charge is 2.44. The van der Waals surface area contributed by atoms with Gasteiger partial charge in [0.05, 0.1) is 0 Å². The molecule has 0 fully saturated rings. The maximum atomic E-state index is 5.68. The van der Waals surface area contributed by atoms with Crippen molar-refractivity contribution in [2.45, 2.75) is 0 Å². The maximum absolute atomic E-state index is 5.68. The summed E-state index contributed by atoms with van der Waals surface area (Å²) in [6.45, 7) is -0.0782. The Kier molecular flexibility index (Phi) is 8.52. The molecule has 6 heteroatoms. The van der Waals surface area contributed by atoms with Gasteiger partial charge in [0, 0.05) is 56.9 Å². The van der Waals surface area contributed by atoms with E-state index < -0.39 is 0 Å². The van der Waals surface area contributed by atoms with Crippen LogP contribution in [-0.4, -0.2) is 11.7 Å². The van der Waals surface area contributed by atoms with Crippen LogP contribution in [0.4, 0.5) is 68.5 Å². The number of pyridine rings is 1. The Labute approximate surface area is 345 Å². The zero-order valence-corrected chi connectivity index (χ0v) is 32.3. The highest BCUT2D eigenvalue weighted by molar-refractivity contribution is 7.00. The van der Waals surface area contributed by atoms with Gasteiger partial charge in [0.1, 0.15) is 11.6 Å². The molecular weight excluding hydrogens is 717 g/mol. The predicted molar refractivity (Wildman–Crippen MR) is 248 cm³/mol. The van der Waals surface area contributed by atoms with Crippen molar-refractivity contribution in [3.63, 3.8) is 0 Å². The first-order valence-corrected chi connectivity index (χ1v) is 20.1. The Morgan fingerprint density at radius 2 is 0.780 bits per heavy atom. The van der Waals surface area contributed by atoms with Gasteiger partial charge in [0.2, 0.25) is 0 Å². The maximum Gasteiger partial charge on any atom is 0.254 e. The molecule has 1 aromatic heterocycles. The van der Waals surface area contributed by atoms with Crippen LogP contribution in [0.5, 0.6) is 0 Å². The molecule has 0 radical (unpaired) electrons. The first-order valence-electron chi connectivity index (χ1n) is 20.1. The summed E-state index contributed by atoms with van der Waals surface area (Å²) < 4.78 is 0. The second kappa shape index (κ2) is 14.6. The van der Waals surface area contributed by atoms with Gasteiger partial charge >= 0.3 is 0 Å². The Hall–Kier alpha value is -7.83. The van der Waals surface area contributed by atoms with Crippen molar-refractivity contribution >= 4 is 91.6 Å². The molecule has 0 saturated heterocycles. The van der Waals surface area contributed by atoms with Gasteiger partial charge in [-0.3, -0.25) is 9.80 Å². The van der Waals surface area contributed by atoms with E-state index in [2.05, 4.69) is 250 Å². The molecule has 0 N–H and O–H groups in total. The van der Waals surface area contributed by atoms with E-state index in [0.29, 0.717) is 0 Å². The van der Waals surface area contributed by atoms with E-state index >= 15 is 0 Å². The predicted octanol–water partition coefficient (Wildman–Crippen LogP) is 12.1. The van der Waals surface area contributed by atoms with Crippen LogP contribution in [0.15, 0.2) is 231 Å². The highest BCUT2D eigenvalue weighted by Crippen LogP contribution is 2.46. The smallest absolute Gasteiger partial charge is 0.254 e. The van der Waals surface area contributed by atoms with Gasteiger partial charge in [-0.1, -0.05) is 127 Å². The Morgan fingerprint density at radius 1 is 0.339 bits per heavy atom. The molecule has 9 aromatic rings. The van der Waals surface area contributed by atoms with Crippen LogP contribution >= 0.6 is 0 Å². The van der Waals surface area contributed by atoms with Gasteiger partial charge in [0.25, 0.3) is 6.71 Å². The third-order valence-corrected chi connectivity index (χ3v) is 11.4. The van der Waals surface area contributed by atoms with Crippen molar-refractivity contribution in [1.82, 2.24) is 4.98 Å². The van der Waals surface area contributed by atoms with Crippen molar-refractivity contribution in [1.29, 1.82) is 0 Å². The van der Waals surface area contributed by atoms with E-state index in [1.165, 1.54) is 10.9 Å². The normalized spacial score (nSPS) is 12.3. The van der Waals surface area contributed by atoms with Gasteiger partial charge in [-0.25, -0.2) is 4.98 Å². The number of aromatic nitrogens is 1. The summed E-state index contributed by atoms with van der Waals surface area (Å²) in [5.41, 5.74) is 14.6. The molecule has 0 bridgehead atoms. The second-order valence-corrected chi connectivity index (χ2v) is 14.8. The molecule has 5 nitrogen and oxygen atoms in total. The quantitative estimate of drug-likeness (QED) is 0.144. The highest BCUT2D eigenvalue weighted by atomic mass is 15.3. The zero-order valence-electron chi connectivity index (χ0n) is 32.3. The standard InChI is InChI=1S/C53H38BN5/c1-7-20-39(21-8-1)56(40-22-9-2-10-23-40)45-34-35-46-50(38-45)58(43-28-15-5-16-29-43)48-32-19-33-49-52(48)54(46)47-36-37-51(55-53(47)59(49)44-30-17-6-18-31-44)57(41-24-11-3-12-25-41)42-26-13-4-14-27-42/h1-38H. The summed E-state index contributed by atoms with van der Waals surface area (Å²) in [5, 5.41) is 0. The number of fused-ring (bicyclic) bond motifs is 4. The topological polar surface area (TPSA) is 25.9 Å².